The van der Waals surface area contributed by atoms with Crippen LogP contribution in [0.25, 0.3) is 0 Å². The Balaban J connectivity index is 1.33. The largest absolute Gasteiger partial charge is 0.486 e. The molecule has 1 aliphatic heterocycles. The van der Waals surface area contributed by atoms with Gasteiger partial charge >= 0.3 is 6.09 Å². The van der Waals surface area contributed by atoms with Crippen LogP contribution in [0.15, 0.2) is 71.2 Å². The molecule has 7 heteroatoms. The Bertz CT molecular complexity index is 1330. The van der Waals surface area contributed by atoms with Gasteiger partial charge in [-0.15, -0.1) is 0 Å². The van der Waals surface area contributed by atoms with Gasteiger partial charge in [0.25, 0.3) is 0 Å². The van der Waals surface area contributed by atoms with Crippen molar-refractivity contribution in [2.75, 3.05) is 19.8 Å². The molecule has 0 radical (unpaired) electrons. The molecule has 1 unspecified atom stereocenters. The van der Waals surface area contributed by atoms with Crippen molar-refractivity contribution in [2.24, 2.45) is 5.92 Å². The van der Waals surface area contributed by atoms with Gasteiger partial charge in [0.1, 0.15) is 19.8 Å². The van der Waals surface area contributed by atoms with E-state index in [4.69, 9.17) is 14.2 Å². The first kappa shape index (κ1) is 27.2. The number of benzene rings is 3. The number of rotatable bonds is 8. The van der Waals surface area contributed by atoms with Gasteiger partial charge in [0.05, 0.1) is 11.1 Å². The molecule has 1 saturated carbocycles. The van der Waals surface area contributed by atoms with Crippen molar-refractivity contribution in [1.82, 2.24) is 4.90 Å². The Morgan fingerprint density at radius 3 is 2.42 bits per heavy atom. The summed E-state index contributed by atoms with van der Waals surface area (Å²) in [5.74, 6) is 1.69. The van der Waals surface area contributed by atoms with Crippen molar-refractivity contribution in [2.45, 2.75) is 63.2 Å². The number of fused-ring (bicyclic) bond motifs is 1. The van der Waals surface area contributed by atoms with Crippen LogP contribution in [0.2, 0.25) is 0 Å². The minimum absolute atomic E-state index is 0.00437. The highest BCUT2D eigenvalue weighted by Gasteiger charge is 2.56. The molecule has 6 nitrogen and oxygen atoms in total. The zero-order valence-electron chi connectivity index (χ0n) is 22.7. The van der Waals surface area contributed by atoms with Gasteiger partial charge in [0, 0.05) is 18.0 Å². The lowest BCUT2D eigenvalue weighted by atomic mass is 9.52. The molecule has 3 atom stereocenters. The number of hydrogen-bond donors (Lipinski definition) is 1. The molecule has 0 aromatic heterocycles. The number of hydrogen-bond acceptors (Lipinski definition) is 5. The predicted molar refractivity (Wildman–Crippen MR) is 157 cm³/mol. The van der Waals surface area contributed by atoms with Crippen molar-refractivity contribution < 1.29 is 24.1 Å². The number of likely N-dealkylation sites (tertiary alicyclic amines) is 1. The molecule has 1 saturated heterocycles. The van der Waals surface area contributed by atoms with E-state index in [2.05, 4.69) is 34.1 Å². The number of halogens is 1. The van der Waals surface area contributed by atoms with Crippen LogP contribution >= 0.6 is 15.9 Å². The fourth-order valence-corrected chi connectivity index (χ4v) is 7.90. The van der Waals surface area contributed by atoms with Gasteiger partial charge in [-0.2, -0.15) is 0 Å². The third kappa shape index (κ3) is 5.10. The second kappa shape index (κ2) is 11.8. The molecule has 40 heavy (non-hydrogen) atoms. The van der Waals surface area contributed by atoms with E-state index < -0.39 is 0 Å². The molecule has 1 N–H and O–H groups in total. The first-order chi connectivity index (χ1) is 19.6. The summed E-state index contributed by atoms with van der Waals surface area (Å²) in [6.45, 7) is 1.49. The number of carbonyl (C=O) groups is 1. The molecular weight excluding hydrogens is 570 g/mol. The zero-order chi connectivity index (χ0) is 27.5. The smallest absolute Gasteiger partial charge is 0.410 e. The highest BCUT2D eigenvalue weighted by molar-refractivity contribution is 9.10. The van der Waals surface area contributed by atoms with Gasteiger partial charge in [0.15, 0.2) is 11.5 Å². The molecule has 2 fully saturated rings. The number of aliphatic hydroxyl groups is 1. The maximum atomic E-state index is 13.4. The lowest BCUT2D eigenvalue weighted by Gasteiger charge is -2.58. The summed E-state index contributed by atoms with van der Waals surface area (Å²) in [6.07, 6.45) is 5.98. The van der Waals surface area contributed by atoms with E-state index in [1.165, 1.54) is 24.0 Å². The van der Waals surface area contributed by atoms with Gasteiger partial charge < -0.3 is 24.2 Å². The molecular formula is C33H36BrNO5. The summed E-state index contributed by atoms with van der Waals surface area (Å²) in [5.41, 5.74) is 4.59. The second-order valence-electron chi connectivity index (χ2n) is 11.2. The topological polar surface area (TPSA) is 68.2 Å². The number of carbonyl (C=O) groups excluding carboxylic acids is 1. The van der Waals surface area contributed by atoms with Crippen LogP contribution in [0.4, 0.5) is 4.79 Å². The minimum atomic E-state index is -0.229. The summed E-state index contributed by atoms with van der Waals surface area (Å²) in [6, 6.07) is 22.2. The first-order valence-electron chi connectivity index (χ1n) is 14.3. The normalized spacial score (nSPS) is 23.1. The monoisotopic (exact) mass is 605 g/mol. The Morgan fingerprint density at radius 2 is 1.70 bits per heavy atom. The third-order valence-electron chi connectivity index (χ3n) is 9.01. The maximum absolute atomic E-state index is 13.4. The number of aliphatic hydroxyl groups excluding tert-OH is 1. The van der Waals surface area contributed by atoms with Crippen molar-refractivity contribution >= 4 is 22.0 Å². The van der Waals surface area contributed by atoms with Gasteiger partial charge in [-0.3, -0.25) is 0 Å². The molecule has 3 aromatic carbocycles. The highest BCUT2D eigenvalue weighted by Crippen LogP contribution is 2.59. The molecule has 6 rings (SSSR count). The van der Waals surface area contributed by atoms with E-state index in [1.54, 1.807) is 0 Å². The molecule has 210 valence electrons. The Hall–Kier alpha value is -3.03. The van der Waals surface area contributed by atoms with Crippen molar-refractivity contribution in [3.63, 3.8) is 0 Å². The van der Waals surface area contributed by atoms with Gasteiger partial charge in [-0.05, 0) is 75.9 Å². The Morgan fingerprint density at radius 1 is 0.975 bits per heavy atom. The summed E-state index contributed by atoms with van der Waals surface area (Å²) in [7, 11) is 0. The maximum Gasteiger partial charge on any atom is 0.410 e. The van der Waals surface area contributed by atoms with Crippen molar-refractivity contribution in [1.29, 1.82) is 0 Å². The van der Waals surface area contributed by atoms with E-state index in [0.717, 1.165) is 41.3 Å². The van der Waals surface area contributed by atoms with Crippen molar-refractivity contribution in [3.8, 4) is 11.5 Å². The molecule has 3 aromatic rings. The van der Waals surface area contributed by atoms with E-state index in [0.29, 0.717) is 30.6 Å². The summed E-state index contributed by atoms with van der Waals surface area (Å²) >= 11 is 3.89. The number of ether oxygens (including phenoxy) is 3. The van der Waals surface area contributed by atoms with Crippen LogP contribution in [0.5, 0.6) is 11.5 Å². The van der Waals surface area contributed by atoms with E-state index in [9.17, 15) is 9.90 Å². The molecule has 1 amide bonds. The zero-order valence-corrected chi connectivity index (χ0v) is 24.3. The van der Waals surface area contributed by atoms with Crippen LogP contribution in [0.3, 0.4) is 0 Å². The van der Waals surface area contributed by atoms with E-state index in [-0.39, 0.29) is 37.4 Å². The molecule has 2 bridgehead atoms. The fourth-order valence-electron chi connectivity index (χ4n) is 7.22. The lowest BCUT2D eigenvalue weighted by Crippen LogP contribution is -2.62. The molecule has 1 heterocycles. The minimum Gasteiger partial charge on any atom is -0.486 e. The molecule has 3 aliphatic rings. The quantitative estimate of drug-likeness (QED) is 0.306. The highest BCUT2D eigenvalue weighted by atomic mass is 79.9. The van der Waals surface area contributed by atoms with Crippen molar-refractivity contribution in [3.05, 3.63) is 93.5 Å². The SMILES string of the molecule is O=C(OCc1ccccc1)N1CC[C@@]23CCCCC2[C@@H]1Cc1c3cc(OCc2ccccc2)c(OCCO)c1Br. The van der Waals surface area contributed by atoms with E-state index >= 15 is 0 Å². The lowest BCUT2D eigenvalue weighted by molar-refractivity contribution is -0.0140. The second-order valence-corrected chi connectivity index (χ2v) is 11.9. The predicted octanol–water partition coefficient (Wildman–Crippen LogP) is 6.79. The van der Waals surface area contributed by atoms with Gasteiger partial charge in [0.2, 0.25) is 0 Å². The average molecular weight is 607 g/mol. The van der Waals surface area contributed by atoms with Crippen LogP contribution < -0.4 is 9.47 Å². The Kier molecular flexibility index (Phi) is 8.03. The standard InChI is InChI=1S/C33H36BrNO5/c34-30-25-19-28-26-13-7-8-14-33(26,15-16-35(28)32(37)40-22-24-11-5-2-6-12-24)27(25)20-29(31(30)38-18-17-36)39-21-23-9-3-1-4-10-23/h1-6,9-12,20,26,28,36H,7-8,13-19,21-22H2/t26?,28-,33-/m0/s1. The number of piperidine rings is 1. The van der Waals surface area contributed by atoms with Crippen LogP contribution in [0.1, 0.15) is 54.4 Å². The molecule has 0 spiro atoms. The summed E-state index contributed by atoms with van der Waals surface area (Å²) < 4.78 is 19.2. The van der Waals surface area contributed by atoms with Crippen LogP contribution in [-0.2, 0) is 29.8 Å². The van der Waals surface area contributed by atoms with Gasteiger partial charge in [-0.1, -0.05) is 73.5 Å². The molecule has 2 aliphatic carbocycles. The number of amides is 1. The van der Waals surface area contributed by atoms with Crippen LogP contribution in [-0.4, -0.2) is 41.9 Å². The van der Waals surface area contributed by atoms with Crippen LogP contribution in [0, 0.1) is 5.92 Å². The fraction of sp³-hybridized carbons (Fsp3) is 0.424. The summed E-state index contributed by atoms with van der Waals surface area (Å²) in [4.78, 5) is 15.4. The summed E-state index contributed by atoms with van der Waals surface area (Å²) in [5, 5.41) is 9.53. The Labute approximate surface area is 244 Å². The average Bonchev–Trinajstić information content (AvgIpc) is 3.00. The van der Waals surface area contributed by atoms with Gasteiger partial charge in [-0.25, -0.2) is 4.79 Å². The number of nitrogens with zero attached hydrogens (tertiary/aromatic N) is 1. The third-order valence-corrected chi connectivity index (χ3v) is 9.85. The first-order valence-corrected chi connectivity index (χ1v) is 15.1. The van der Waals surface area contributed by atoms with E-state index in [1.807, 2.05) is 53.4 Å².